The minimum absolute atomic E-state index is 0.0189. The molecular weight excluding hydrogens is 285 g/mol. The maximum atomic E-state index is 13.1. The topological polar surface area (TPSA) is 68.0 Å². The molecule has 112 valence electrons. The molecule has 22 heavy (non-hydrogen) atoms. The summed E-state index contributed by atoms with van der Waals surface area (Å²) in [6.07, 6.45) is 2.04. The summed E-state index contributed by atoms with van der Waals surface area (Å²) >= 11 is 0. The molecule has 3 rings (SSSR count). The van der Waals surface area contributed by atoms with Gasteiger partial charge in [0.25, 0.3) is 5.56 Å². The Hall–Kier alpha value is -2.60. The lowest BCUT2D eigenvalue weighted by Gasteiger charge is -2.10. The van der Waals surface area contributed by atoms with Crippen molar-refractivity contribution in [1.29, 1.82) is 0 Å². The van der Waals surface area contributed by atoms with Gasteiger partial charge in [-0.1, -0.05) is 0 Å². The van der Waals surface area contributed by atoms with Crippen molar-refractivity contribution in [3.05, 3.63) is 58.8 Å². The molecule has 1 aromatic carbocycles. The minimum atomic E-state index is -0.369. The van der Waals surface area contributed by atoms with E-state index in [0.717, 1.165) is 0 Å². The van der Waals surface area contributed by atoms with Crippen LogP contribution in [0.5, 0.6) is 0 Å². The molecule has 2 heterocycles. The van der Waals surface area contributed by atoms with Gasteiger partial charge in [0, 0.05) is 24.9 Å². The van der Waals surface area contributed by atoms with Crippen LogP contribution in [-0.2, 0) is 6.54 Å². The van der Waals surface area contributed by atoms with Crippen LogP contribution < -0.4 is 5.56 Å². The second kappa shape index (κ2) is 6.03. The lowest BCUT2D eigenvalue weighted by Crippen LogP contribution is -2.25. The fraction of sp³-hybridized carbons (Fsp3) is 0.188. The quantitative estimate of drug-likeness (QED) is 0.800. The summed E-state index contributed by atoms with van der Waals surface area (Å²) < 4.78 is 14.6. The van der Waals surface area contributed by atoms with Crippen LogP contribution in [0.1, 0.15) is 6.42 Å². The van der Waals surface area contributed by atoms with Gasteiger partial charge in [-0.15, -0.1) is 0 Å². The summed E-state index contributed by atoms with van der Waals surface area (Å²) in [6, 6.07) is 9.15. The number of benzene rings is 1. The third-order valence-electron chi connectivity index (χ3n) is 3.36. The van der Waals surface area contributed by atoms with E-state index in [9.17, 15) is 9.18 Å². The maximum Gasteiger partial charge on any atom is 0.278 e. The predicted octanol–water partition coefficient (Wildman–Crippen LogP) is 1.98. The number of rotatable bonds is 4. The summed E-state index contributed by atoms with van der Waals surface area (Å²) in [6.45, 7) is 0.328. The Bertz CT molecular complexity index is 859. The SMILES string of the molecule is O=c1c(-c2ccc(F)cc2)nc2cccnc2n1CCCO. The van der Waals surface area contributed by atoms with Crippen molar-refractivity contribution in [2.24, 2.45) is 0 Å². The van der Waals surface area contributed by atoms with Crippen LogP contribution in [0.2, 0.25) is 0 Å². The Morgan fingerprint density at radius 1 is 1.18 bits per heavy atom. The summed E-state index contributed by atoms with van der Waals surface area (Å²) in [4.78, 5) is 21.2. The van der Waals surface area contributed by atoms with E-state index in [0.29, 0.717) is 29.7 Å². The van der Waals surface area contributed by atoms with Crippen molar-refractivity contribution in [2.75, 3.05) is 6.61 Å². The molecule has 0 spiro atoms. The zero-order valence-corrected chi connectivity index (χ0v) is 11.7. The molecule has 0 atom stereocenters. The van der Waals surface area contributed by atoms with Gasteiger partial charge in [-0.2, -0.15) is 0 Å². The first-order valence-electron chi connectivity index (χ1n) is 6.93. The highest BCUT2D eigenvalue weighted by molar-refractivity contribution is 5.74. The van der Waals surface area contributed by atoms with Crippen molar-refractivity contribution in [3.8, 4) is 11.3 Å². The van der Waals surface area contributed by atoms with Crippen molar-refractivity contribution in [2.45, 2.75) is 13.0 Å². The fourth-order valence-electron chi connectivity index (χ4n) is 2.31. The molecule has 2 aromatic heterocycles. The third kappa shape index (κ3) is 2.60. The van der Waals surface area contributed by atoms with Gasteiger partial charge in [0.1, 0.15) is 17.0 Å². The monoisotopic (exact) mass is 299 g/mol. The standard InChI is InChI=1S/C16H14FN3O2/c17-12-6-4-11(5-7-12)14-16(22)20(9-2-10-21)15-13(19-14)3-1-8-18-15/h1,3-8,21H,2,9-10H2. The number of hydrogen-bond acceptors (Lipinski definition) is 4. The first-order valence-corrected chi connectivity index (χ1v) is 6.93. The molecule has 0 bridgehead atoms. The molecule has 0 fully saturated rings. The Labute approximate surface area is 125 Å². The first-order chi connectivity index (χ1) is 10.7. The van der Waals surface area contributed by atoms with E-state index in [-0.39, 0.29) is 23.7 Å². The second-order valence-electron chi connectivity index (χ2n) is 4.85. The van der Waals surface area contributed by atoms with Crippen LogP contribution in [0.15, 0.2) is 47.4 Å². The first kappa shape index (κ1) is 14.3. The van der Waals surface area contributed by atoms with Crippen molar-refractivity contribution in [1.82, 2.24) is 14.5 Å². The average molecular weight is 299 g/mol. The molecule has 0 radical (unpaired) electrons. The fourth-order valence-corrected chi connectivity index (χ4v) is 2.31. The zero-order valence-electron chi connectivity index (χ0n) is 11.7. The summed E-state index contributed by atoms with van der Waals surface area (Å²) in [5.74, 6) is -0.369. The number of fused-ring (bicyclic) bond motifs is 1. The van der Waals surface area contributed by atoms with E-state index in [1.165, 1.54) is 28.8 Å². The van der Waals surface area contributed by atoms with Gasteiger partial charge >= 0.3 is 0 Å². The zero-order chi connectivity index (χ0) is 15.5. The van der Waals surface area contributed by atoms with E-state index < -0.39 is 0 Å². The van der Waals surface area contributed by atoms with Gasteiger partial charge in [0.2, 0.25) is 0 Å². The van der Waals surface area contributed by atoms with Gasteiger partial charge in [-0.05, 0) is 42.8 Å². The highest BCUT2D eigenvalue weighted by Crippen LogP contribution is 2.17. The number of aryl methyl sites for hydroxylation is 1. The van der Waals surface area contributed by atoms with Crippen molar-refractivity contribution < 1.29 is 9.50 Å². The van der Waals surface area contributed by atoms with Crippen molar-refractivity contribution in [3.63, 3.8) is 0 Å². The highest BCUT2D eigenvalue weighted by atomic mass is 19.1. The summed E-state index contributed by atoms with van der Waals surface area (Å²) in [5.41, 5.74) is 1.56. The Kier molecular flexibility index (Phi) is 3.93. The van der Waals surface area contributed by atoms with Gasteiger partial charge in [0.05, 0.1) is 0 Å². The average Bonchev–Trinajstić information content (AvgIpc) is 2.54. The number of pyridine rings is 1. The van der Waals surface area contributed by atoms with Crippen LogP contribution in [-0.4, -0.2) is 26.2 Å². The van der Waals surface area contributed by atoms with Crippen LogP contribution in [0.25, 0.3) is 22.4 Å². The highest BCUT2D eigenvalue weighted by Gasteiger charge is 2.13. The molecule has 0 saturated carbocycles. The number of aliphatic hydroxyl groups excluding tert-OH is 1. The van der Waals surface area contributed by atoms with Gasteiger partial charge < -0.3 is 5.11 Å². The minimum Gasteiger partial charge on any atom is -0.396 e. The van der Waals surface area contributed by atoms with E-state index in [1.807, 2.05) is 0 Å². The molecule has 5 nitrogen and oxygen atoms in total. The van der Waals surface area contributed by atoms with Gasteiger partial charge in [0.15, 0.2) is 5.65 Å². The molecular formula is C16H14FN3O2. The maximum absolute atomic E-state index is 13.1. The number of aliphatic hydroxyl groups is 1. The molecule has 0 amide bonds. The number of hydrogen-bond donors (Lipinski definition) is 1. The van der Waals surface area contributed by atoms with Crippen LogP contribution in [0, 0.1) is 5.82 Å². The Morgan fingerprint density at radius 2 is 1.95 bits per heavy atom. The molecule has 0 saturated heterocycles. The molecule has 0 aliphatic rings. The molecule has 3 aromatic rings. The molecule has 1 N–H and O–H groups in total. The van der Waals surface area contributed by atoms with Gasteiger partial charge in [-0.25, -0.2) is 14.4 Å². The largest absolute Gasteiger partial charge is 0.396 e. The van der Waals surface area contributed by atoms with Crippen molar-refractivity contribution >= 4 is 11.2 Å². The van der Waals surface area contributed by atoms with E-state index in [2.05, 4.69) is 9.97 Å². The van der Waals surface area contributed by atoms with E-state index in [1.54, 1.807) is 18.3 Å². The Morgan fingerprint density at radius 3 is 2.68 bits per heavy atom. The second-order valence-corrected chi connectivity index (χ2v) is 4.85. The van der Waals surface area contributed by atoms with Crippen LogP contribution in [0.3, 0.4) is 0 Å². The third-order valence-corrected chi connectivity index (χ3v) is 3.36. The smallest absolute Gasteiger partial charge is 0.278 e. The number of nitrogens with zero attached hydrogens (tertiary/aromatic N) is 3. The van der Waals surface area contributed by atoms with Crippen LogP contribution in [0.4, 0.5) is 4.39 Å². The molecule has 6 heteroatoms. The summed E-state index contributed by atoms with van der Waals surface area (Å²) in [5, 5.41) is 9.01. The lowest BCUT2D eigenvalue weighted by molar-refractivity contribution is 0.280. The Balaban J connectivity index is 2.24. The predicted molar refractivity (Wildman–Crippen MR) is 80.9 cm³/mol. The number of aromatic nitrogens is 3. The molecule has 0 aliphatic carbocycles. The lowest BCUT2D eigenvalue weighted by atomic mass is 10.1. The van der Waals surface area contributed by atoms with E-state index in [4.69, 9.17) is 5.11 Å². The normalized spacial score (nSPS) is 11.0. The molecule has 0 aliphatic heterocycles. The molecule has 0 unspecified atom stereocenters. The number of halogens is 1. The van der Waals surface area contributed by atoms with Gasteiger partial charge in [-0.3, -0.25) is 9.36 Å². The van der Waals surface area contributed by atoms with Crippen LogP contribution >= 0.6 is 0 Å². The van der Waals surface area contributed by atoms with E-state index >= 15 is 0 Å². The summed E-state index contributed by atoms with van der Waals surface area (Å²) in [7, 11) is 0.